The second-order valence-corrected chi connectivity index (χ2v) is 6.21. The van der Waals surface area contributed by atoms with Gasteiger partial charge in [0.1, 0.15) is 0 Å². The van der Waals surface area contributed by atoms with Crippen LogP contribution in [0.15, 0.2) is 24.3 Å². The highest BCUT2D eigenvalue weighted by molar-refractivity contribution is 5.78. The van der Waals surface area contributed by atoms with Gasteiger partial charge in [-0.1, -0.05) is 24.3 Å². The highest BCUT2D eigenvalue weighted by Crippen LogP contribution is 2.29. The molecule has 0 saturated carbocycles. The third kappa shape index (κ3) is 3.44. The lowest BCUT2D eigenvalue weighted by Crippen LogP contribution is -2.49. The molecule has 0 spiro atoms. The molecule has 0 aromatic heterocycles. The summed E-state index contributed by atoms with van der Waals surface area (Å²) in [5, 5.41) is 3.48. The van der Waals surface area contributed by atoms with Crippen LogP contribution in [-0.4, -0.2) is 55.5 Å². The minimum atomic E-state index is 0.242. The van der Waals surface area contributed by atoms with E-state index in [9.17, 15) is 4.79 Å². The van der Waals surface area contributed by atoms with Gasteiger partial charge in [-0.2, -0.15) is 0 Å². The van der Waals surface area contributed by atoms with Crippen LogP contribution < -0.4 is 5.32 Å². The largest absolute Gasteiger partial charge is 0.339 e. The standard InChI is InChI=1S/C17H25N3O/c1-19-9-11-20(12-10-19)17(21)13-18-16-8-4-6-14-5-2-3-7-15(14)16/h2-3,5,7,16,18H,4,6,8-13H2,1H3. The van der Waals surface area contributed by atoms with Gasteiger partial charge in [0.15, 0.2) is 0 Å². The van der Waals surface area contributed by atoms with Crippen LogP contribution in [0, 0.1) is 0 Å². The van der Waals surface area contributed by atoms with Crippen LogP contribution in [0.25, 0.3) is 0 Å². The van der Waals surface area contributed by atoms with Crippen molar-refractivity contribution in [3.63, 3.8) is 0 Å². The molecule has 0 radical (unpaired) electrons. The fourth-order valence-electron chi connectivity index (χ4n) is 3.34. The van der Waals surface area contributed by atoms with E-state index in [1.807, 2.05) is 4.90 Å². The number of fused-ring (bicyclic) bond motifs is 1. The average molecular weight is 287 g/mol. The van der Waals surface area contributed by atoms with E-state index >= 15 is 0 Å². The quantitative estimate of drug-likeness (QED) is 0.913. The van der Waals surface area contributed by atoms with Gasteiger partial charge in [0, 0.05) is 32.2 Å². The molecule has 1 amide bonds. The van der Waals surface area contributed by atoms with E-state index in [0.29, 0.717) is 12.6 Å². The van der Waals surface area contributed by atoms with Crippen LogP contribution in [0.3, 0.4) is 0 Å². The summed E-state index contributed by atoms with van der Waals surface area (Å²) in [4.78, 5) is 16.6. The molecule has 1 N–H and O–H groups in total. The first-order chi connectivity index (χ1) is 10.2. The number of likely N-dealkylation sites (N-methyl/N-ethyl adjacent to an activating group) is 1. The van der Waals surface area contributed by atoms with Crippen molar-refractivity contribution in [2.75, 3.05) is 39.8 Å². The predicted molar refractivity (Wildman–Crippen MR) is 84.2 cm³/mol. The smallest absolute Gasteiger partial charge is 0.236 e. The second kappa shape index (κ2) is 6.58. The maximum absolute atomic E-state index is 12.3. The zero-order valence-corrected chi connectivity index (χ0v) is 12.8. The molecular weight excluding hydrogens is 262 g/mol. The third-order valence-electron chi connectivity index (χ3n) is 4.73. The number of carbonyl (C=O) groups is 1. The van der Waals surface area contributed by atoms with Gasteiger partial charge in [-0.15, -0.1) is 0 Å². The van der Waals surface area contributed by atoms with Crippen molar-refractivity contribution in [3.8, 4) is 0 Å². The third-order valence-corrected chi connectivity index (χ3v) is 4.73. The zero-order chi connectivity index (χ0) is 14.7. The molecule has 4 nitrogen and oxygen atoms in total. The highest BCUT2D eigenvalue weighted by atomic mass is 16.2. The maximum atomic E-state index is 12.3. The number of rotatable bonds is 3. The number of piperazine rings is 1. The summed E-state index contributed by atoms with van der Waals surface area (Å²) in [6.45, 7) is 4.15. The summed E-state index contributed by atoms with van der Waals surface area (Å²) >= 11 is 0. The molecule has 1 aliphatic heterocycles. The van der Waals surface area contributed by atoms with Gasteiger partial charge in [-0.3, -0.25) is 4.79 Å². The topological polar surface area (TPSA) is 35.6 Å². The number of nitrogens with zero attached hydrogens (tertiary/aromatic N) is 2. The van der Waals surface area contributed by atoms with E-state index in [1.165, 1.54) is 24.0 Å². The van der Waals surface area contributed by atoms with Crippen LogP contribution in [0.5, 0.6) is 0 Å². The molecule has 2 aliphatic rings. The minimum absolute atomic E-state index is 0.242. The molecule has 1 atom stereocenters. The van der Waals surface area contributed by atoms with Crippen LogP contribution in [0.2, 0.25) is 0 Å². The first-order valence-electron chi connectivity index (χ1n) is 8.01. The normalized spacial score (nSPS) is 22.9. The van der Waals surface area contributed by atoms with E-state index in [-0.39, 0.29) is 5.91 Å². The molecule has 1 fully saturated rings. The van der Waals surface area contributed by atoms with Crippen LogP contribution in [0.4, 0.5) is 0 Å². The molecule has 21 heavy (non-hydrogen) atoms. The van der Waals surface area contributed by atoms with E-state index < -0.39 is 0 Å². The highest BCUT2D eigenvalue weighted by Gasteiger charge is 2.22. The molecule has 0 bridgehead atoms. The molecule has 1 aliphatic carbocycles. The fourth-order valence-corrected chi connectivity index (χ4v) is 3.34. The second-order valence-electron chi connectivity index (χ2n) is 6.21. The summed E-state index contributed by atoms with van der Waals surface area (Å²) in [6.07, 6.45) is 3.51. The number of hydrogen-bond acceptors (Lipinski definition) is 3. The maximum Gasteiger partial charge on any atom is 0.236 e. The Labute approximate surface area is 127 Å². The van der Waals surface area contributed by atoms with Crippen molar-refractivity contribution in [2.45, 2.75) is 25.3 Å². The molecular formula is C17H25N3O. The van der Waals surface area contributed by atoms with E-state index in [4.69, 9.17) is 0 Å². The lowest BCUT2D eigenvalue weighted by molar-refractivity contribution is -0.131. The Morgan fingerprint density at radius 2 is 2.00 bits per heavy atom. The summed E-state index contributed by atoms with van der Waals surface area (Å²) in [5.41, 5.74) is 2.82. The molecule has 4 heteroatoms. The monoisotopic (exact) mass is 287 g/mol. The van der Waals surface area contributed by atoms with Crippen molar-refractivity contribution in [1.82, 2.24) is 15.1 Å². The van der Waals surface area contributed by atoms with Crippen molar-refractivity contribution < 1.29 is 4.79 Å². The summed E-state index contributed by atoms with van der Waals surface area (Å²) in [5.74, 6) is 0.242. The predicted octanol–water partition coefficient (Wildman–Crippen LogP) is 1.43. The molecule has 1 aromatic carbocycles. The average Bonchev–Trinajstić information content (AvgIpc) is 2.53. The summed E-state index contributed by atoms with van der Waals surface area (Å²) in [6, 6.07) is 8.96. The molecule has 1 aromatic rings. The van der Waals surface area contributed by atoms with Crippen molar-refractivity contribution in [3.05, 3.63) is 35.4 Å². The van der Waals surface area contributed by atoms with Crippen LogP contribution in [0.1, 0.15) is 30.0 Å². The Morgan fingerprint density at radius 3 is 2.81 bits per heavy atom. The Hall–Kier alpha value is -1.39. The lowest BCUT2D eigenvalue weighted by Gasteiger charge is -2.33. The molecule has 1 heterocycles. The Bertz CT molecular complexity index is 495. The van der Waals surface area contributed by atoms with Gasteiger partial charge in [0.05, 0.1) is 6.54 Å². The van der Waals surface area contributed by atoms with Crippen LogP contribution >= 0.6 is 0 Å². The zero-order valence-electron chi connectivity index (χ0n) is 12.8. The van der Waals surface area contributed by atoms with E-state index in [1.54, 1.807) is 0 Å². The van der Waals surface area contributed by atoms with Gasteiger partial charge in [0.2, 0.25) is 5.91 Å². The van der Waals surface area contributed by atoms with Crippen molar-refractivity contribution >= 4 is 5.91 Å². The summed E-state index contributed by atoms with van der Waals surface area (Å²) in [7, 11) is 2.11. The molecule has 1 saturated heterocycles. The Morgan fingerprint density at radius 1 is 1.24 bits per heavy atom. The molecule has 3 rings (SSSR count). The SMILES string of the molecule is CN1CCN(C(=O)CNC2CCCc3ccccc32)CC1. The fraction of sp³-hybridized carbons (Fsp3) is 0.588. The van der Waals surface area contributed by atoms with Gasteiger partial charge < -0.3 is 15.1 Å². The first kappa shape index (κ1) is 14.5. The number of amides is 1. The van der Waals surface area contributed by atoms with E-state index in [0.717, 1.165) is 32.6 Å². The number of benzene rings is 1. The number of hydrogen-bond donors (Lipinski definition) is 1. The van der Waals surface area contributed by atoms with Gasteiger partial charge in [-0.05, 0) is 37.4 Å². The Kier molecular flexibility index (Phi) is 4.56. The number of aryl methyl sites for hydroxylation is 1. The van der Waals surface area contributed by atoms with Gasteiger partial charge >= 0.3 is 0 Å². The summed E-state index contributed by atoms with van der Waals surface area (Å²) < 4.78 is 0. The minimum Gasteiger partial charge on any atom is -0.339 e. The lowest BCUT2D eigenvalue weighted by atomic mass is 9.88. The van der Waals surface area contributed by atoms with Gasteiger partial charge in [-0.25, -0.2) is 0 Å². The van der Waals surface area contributed by atoms with Crippen molar-refractivity contribution in [1.29, 1.82) is 0 Å². The first-order valence-corrected chi connectivity index (χ1v) is 8.01. The van der Waals surface area contributed by atoms with E-state index in [2.05, 4.69) is 41.5 Å². The number of carbonyl (C=O) groups excluding carboxylic acids is 1. The number of nitrogens with one attached hydrogen (secondary N) is 1. The Balaban J connectivity index is 1.55. The molecule has 1 unspecified atom stereocenters. The molecule has 114 valence electrons. The van der Waals surface area contributed by atoms with Gasteiger partial charge in [0.25, 0.3) is 0 Å². The van der Waals surface area contributed by atoms with Crippen molar-refractivity contribution in [2.24, 2.45) is 0 Å². The van der Waals surface area contributed by atoms with Crippen LogP contribution in [-0.2, 0) is 11.2 Å².